The average molecular weight is 536 g/mol. The Morgan fingerprint density at radius 2 is 0.703 bits per heavy atom. The minimum atomic E-state index is -1.11. The third-order valence-corrected chi connectivity index (χ3v) is 2.81. The van der Waals surface area contributed by atoms with E-state index in [2.05, 4.69) is 38.4 Å². The predicted molar refractivity (Wildman–Crippen MR) is 108 cm³/mol. The van der Waals surface area contributed by atoms with E-state index in [9.17, 15) is 38.4 Å². The van der Waals surface area contributed by atoms with Gasteiger partial charge in [-0.05, 0) is 0 Å². The molecule has 0 unspecified atom stereocenters. The van der Waals surface area contributed by atoms with Gasteiger partial charge in [-0.3, -0.25) is 0 Å². The molecule has 0 bridgehead atoms. The van der Waals surface area contributed by atoms with Crippen LogP contribution in [-0.2, 0) is 38.0 Å². The van der Waals surface area contributed by atoms with Gasteiger partial charge in [-0.25, -0.2) is 38.4 Å². The highest BCUT2D eigenvalue weighted by atomic mass is 16.7. The molecule has 0 aliphatic rings. The lowest BCUT2D eigenvalue weighted by Crippen LogP contribution is -2.40. The summed E-state index contributed by atoms with van der Waals surface area (Å²) in [5.74, 6) is 0. The molecule has 0 rings (SSSR count). The lowest BCUT2D eigenvalue weighted by atomic mass is 10.9. The van der Waals surface area contributed by atoms with Gasteiger partial charge in [-0.15, -0.1) is 0 Å². The Hall–Kier alpha value is -5.62. The van der Waals surface area contributed by atoms with Crippen molar-refractivity contribution in [2.24, 2.45) is 9.98 Å². The molecule has 0 heterocycles. The average Bonchev–Trinajstić information content (AvgIpc) is 2.84. The Morgan fingerprint density at radius 3 is 0.946 bits per heavy atom. The van der Waals surface area contributed by atoms with Crippen LogP contribution in [0.2, 0.25) is 0 Å². The SMILES string of the molecule is O=C=NCNC(=O)OCOC(=O)NCNC(=O)OCOC(=O)NCNC(=O)OCOC(=O)NCN=C=O. The Morgan fingerprint density at radius 1 is 0.459 bits per heavy atom. The Labute approximate surface area is 205 Å². The third kappa shape index (κ3) is 20.7. The van der Waals surface area contributed by atoms with E-state index >= 15 is 0 Å². The largest absolute Gasteiger partial charge is 0.412 e. The fourth-order valence-electron chi connectivity index (χ4n) is 1.37. The number of carbonyl (C=O) groups excluding carboxylic acids is 8. The molecule has 0 aromatic carbocycles. The van der Waals surface area contributed by atoms with Crippen molar-refractivity contribution in [2.75, 3.05) is 47.1 Å². The summed E-state index contributed by atoms with van der Waals surface area (Å²) in [7, 11) is 0. The third-order valence-electron chi connectivity index (χ3n) is 2.81. The molecule has 0 radical (unpaired) electrons. The molecule has 0 atom stereocenters. The summed E-state index contributed by atoms with van der Waals surface area (Å²) in [6.45, 7) is -4.12. The van der Waals surface area contributed by atoms with E-state index in [-0.39, 0.29) is 13.3 Å². The zero-order valence-electron chi connectivity index (χ0n) is 18.6. The Kier molecular flexibility index (Phi) is 17.8. The van der Waals surface area contributed by atoms with Crippen molar-refractivity contribution in [3.63, 3.8) is 0 Å². The summed E-state index contributed by atoms with van der Waals surface area (Å²) < 4.78 is 26.6. The van der Waals surface area contributed by atoms with Crippen molar-refractivity contribution in [1.29, 1.82) is 0 Å². The molecule has 37 heavy (non-hydrogen) atoms. The number of rotatable bonds is 14. The van der Waals surface area contributed by atoms with E-state index < -0.39 is 70.3 Å². The van der Waals surface area contributed by atoms with Crippen LogP contribution >= 0.6 is 0 Å². The van der Waals surface area contributed by atoms with Crippen LogP contribution in [0.15, 0.2) is 9.98 Å². The van der Waals surface area contributed by atoms with E-state index in [4.69, 9.17) is 0 Å². The molecule has 0 aromatic heterocycles. The van der Waals surface area contributed by atoms with E-state index in [0.717, 1.165) is 0 Å². The number of isocyanates is 2. The minimum Gasteiger partial charge on any atom is -0.412 e. The fourth-order valence-corrected chi connectivity index (χ4v) is 1.37. The molecule has 0 saturated heterocycles. The van der Waals surface area contributed by atoms with Crippen LogP contribution in [0.5, 0.6) is 0 Å². The van der Waals surface area contributed by atoms with Crippen LogP contribution < -0.4 is 31.9 Å². The summed E-state index contributed by atoms with van der Waals surface area (Å²) in [6.07, 6.45) is -4.09. The highest BCUT2D eigenvalue weighted by molar-refractivity contribution is 5.72. The zero-order valence-corrected chi connectivity index (χ0v) is 18.6. The van der Waals surface area contributed by atoms with Crippen LogP contribution in [0.1, 0.15) is 0 Å². The lowest BCUT2D eigenvalue weighted by Gasteiger charge is -2.10. The van der Waals surface area contributed by atoms with Crippen molar-refractivity contribution in [2.45, 2.75) is 0 Å². The first-order valence-electron chi connectivity index (χ1n) is 9.29. The number of amides is 6. The number of ether oxygens (including phenoxy) is 6. The molecule has 6 amide bonds. The Bertz CT molecular complexity index is 816. The van der Waals surface area contributed by atoms with Gasteiger partial charge in [0.15, 0.2) is 0 Å². The smallest absolute Gasteiger partial charge is 0.411 e. The van der Waals surface area contributed by atoms with Crippen LogP contribution in [-0.4, -0.2) is 95.8 Å². The molecule has 22 nitrogen and oxygen atoms in total. The number of nitrogens with one attached hydrogen (secondary N) is 6. The first kappa shape index (κ1) is 31.4. The molecule has 0 aromatic rings. The van der Waals surface area contributed by atoms with Crippen molar-refractivity contribution >= 4 is 48.7 Å². The molecule has 0 spiro atoms. The van der Waals surface area contributed by atoms with Crippen molar-refractivity contribution in [3.05, 3.63) is 0 Å². The first-order chi connectivity index (χ1) is 17.8. The number of carbonyl (C=O) groups is 6. The van der Waals surface area contributed by atoms with E-state index in [1.54, 1.807) is 0 Å². The lowest BCUT2D eigenvalue weighted by molar-refractivity contribution is 0.0217. The fraction of sp³-hybridized carbons (Fsp3) is 0.467. The second-order valence-corrected chi connectivity index (χ2v) is 5.17. The molecule has 0 aliphatic carbocycles. The highest BCUT2D eigenvalue weighted by Crippen LogP contribution is 1.85. The molecule has 0 saturated carbocycles. The van der Waals surface area contributed by atoms with Crippen LogP contribution in [0.25, 0.3) is 0 Å². The quantitative estimate of drug-likeness (QED) is 0.0590. The standard InChI is InChI=1S/C15H20N8O14/c24-5-16-1-18-10(26)32-7-34-12(28)20-3-22-14(30)36-9-37-15(31)23-4-21-13(29)35-8-33-11(27)19-2-17-6-25/h1-4,7-9H2,(H,18,26)(H,19,27)(H,20,28)(H,21,29)(H,22,30)(H,23,31). The summed E-state index contributed by atoms with van der Waals surface area (Å²) in [5, 5.41) is 12.1. The maximum atomic E-state index is 11.4. The van der Waals surface area contributed by atoms with Gasteiger partial charge in [0.05, 0.1) is 13.3 Å². The monoisotopic (exact) mass is 536 g/mol. The maximum absolute atomic E-state index is 11.4. The summed E-state index contributed by atoms with van der Waals surface area (Å²) in [5.41, 5.74) is 0. The van der Waals surface area contributed by atoms with Gasteiger partial charge in [0.1, 0.15) is 13.3 Å². The van der Waals surface area contributed by atoms with E-state index in [1.165, 1.54) is 12.2 Å². The van der Waals surface area contributed by atoms with Crippen molar-refractivity contribution < 1.29 is 66.8 Å². The molecule has 0 fully saturated rings. The predicted octanol–water partition coefficient (Wildman–Crippen LogP) is -2.28. The number of alkyl carbamates (subject to hydrolysis) is 6. The number of hydrogen-bond acceptors (Lipinski definition) is 16. The molecular weight excluding hydrogens is 516 g/mol. The van der Waals surface area contributed by atoms with Gasteiger partial charge in [0.25, 0.3) is 0 Å². The van der Waals surface area contributed by atoms with Gasteiger partial charge in [0.2, 0.25) is 32.5 Å². The van der Waals surface area contributed by atoms with Crippen molar-refractivity contribution in [3.8, 4) is 0 Å². The molecule has 22 heteroatoms. The molecule has 6 N–H and O–H groups in total. The van der Waals surface area contributed by atoms with Crippen LogP contribution in [0.3, 0.4) is 0 Å². The second kappa shape index (κ2) is 20.9. The maximum Gasteiger partial charge on any atom is 0.411 e. The van der Waals surface area contributed by atoms with Gasteiger partial charge in [-0.1, -0.05) is 0 Å². The van der Waals surface area contributed by atoms with Gasteiger partial charge in [0, 0.05) is 0 Å². The molecular formula is C15H20N8O14. The normalized spacial score (nSPS) is 8.86. The van der Waals surface area contributed by atoms with Crippen molar-refractivity contribution in [1.82, 2.24) is 31.9 Å². The number of aliphatic imine (C=N–C) groups is 2. The van der Waals surface area contributed by atoms with Gasteiger partial charge in [-0.2, -0.15) is 9.98 Å². The summed E-state index contributed by atoms with van der Waals surface area (Å²) >= 11 is 0. The summed E-state index contributed by atoms with van der Waals surface area (Å²) in [6, 6.07) is 0. The van der Waals surface area contributed by atoms with Crippen LogP contribution in [0.4, 0.5) is 28.8 Å². The number of nitrogens with zero attached hydrogens (tertiary/aromatic N) is 2. The highest BCUT2D eigenvalue weighted by Gasteiger charge is 2.09. The van der Waals surface area contributed by atoms with E-state index in [1.807, 2.05) is 31.9 Å². The molecule has 0 aliphatic heterocycles. The topological polar surface area (TPSA) is 289 Å². The summed E-state index contributed by atoms with van der Waals surface area (Å²) in [4.78, 5) is 93.0. The van der Waals surface area contributed by atoms with E-state index in [0.29, 0.717) is 0 Å². The zero-order chi connectivity index (χ0) is 27.7. The first-order valence-corrected chi connectivity index (χ1v) is 9.29. The van der Waals surface area contributed by atoms with Gasteiger partial charge >= 0.3 is 36.6 Å². The van der Waals surface area contributed by atoms with Gasteiger partial charge < -0.3 is 60.3 Å². The van der Waals surface area contributed by atoms with Crippen LogP contribution in [0, 0.1) is 0 Å². The minimum absolute atomic E-state index is 0.376. The number of hydrogen-bond donors (Lipinski definition) is 6. The molecule has 204 valence electrons. The second-order valence-electron chi connectivity index (χ2n) is 5.17. The Balaban J connectivity index is 3.72.